The molecule has 0 aromatic heterocycles. The highest BCUT2D eigenvalue weighted by molar-refractivity contribution is 6.03. The predicted octanol–water partition coefficient (Wildman–Crippen LogP) is 9.94. The number of hydrogen-bond acceptors (Lipinski definition) is 2. The van der Waals surface area contributed by atoms with Gasteiger partial charge in [0.25, 0.3) is 0 Å². The Morgan fingerprint density at radius 2 is 1.12 bits per heavy atom. The largest absolute Gasteiger partial charge is 0.491 e. The fourth-order valence-corrected chi connectivity index (χ4v) is 6.82. The van der Waals surface area contributed by atoms with E-state index < -0.39 is 0 Å². The summed E-state index contributed by atoms with van der Waals surface area (Å²) in [6, 6.07) is 50.4. The van der Waals surface area contributed by atoms with Gasteiger partial charge < -0.3 is 9.84 Å². The van der Waals surface area contributed by atoms with Gasteiger partial charge in [0.15, 0.2) is 0 Å². The smallest absolute Gasteiger partial charge is 0.119 e. The van der Waals surface area contributed by atoms with Crippen molar-refractivity contribution >= 4 is 21.5 Å². The van der Waals surface area contributed by atoms with Crippen molar-refractivity contribution in [3.05, 3.63) is 151 Å². The van der Waals surface area contributed by atoms with Crippen LogP contribution in [0.15, 0.2) is 140 Å². The van der Waals surface area contributed by atoms with Gasteiger partial charge in [-0.15, -0.1) is 0 Å². The Bertz CT molecular complexity index is 2130. The molecular formula is C41H30O2. The summed E-state index contributed by atoms with van der Waals surface area (Å²) in [7, 11) is 0. The molecule has 1 aliphatic carbocycles. The van der Waals surface area contributed by atoms with E-state index in [1.807, 2.05) is 12.1 Å². The molecule has 206 valence electrons. The SMILES string of the molecule is OCCOc1ccc(-c2c(-c3cccc4ccccc34)ccc3c2Cc2cc(-c4cccc5ccccc45)ccc2-3)cc1. The average Bonchev–Trinajstić information content (AvgIpc) is 3.44. The van der Waals surface area contributed by atoms with Crippen molar-refractivity contribution in [1.29, 1.82) is 0 Å². The van der Waals surface area contributed by atoms with E-state index in [0.717, 1.165) is 12.2 Å². The molecule has 43 heavy (non-hydrogen) atoms. The zero-order valence-electron chi connectivity index (χ0n) is 23.8. The molecule has 0 aliphatic heterocycles. The van der Waals surface area contributed by atoms with Crippen LogP contribution in [0.2, 0.25) is 0 Å². The molecule has 0 fully saturated rings. The Kier molecular flexibility index (Phi) is 6.28. The molecule has 0 amide bonds. The first-order valence-corrected chi connectivity index (χ1v) is 14.9. The minimum absolute atomic E-state index is 0.00179. The molecule has 0 heterocycles. The summed E-state index contributed by atoms with van der Waals surface area (Å²) >= 11 is 0. The Morgan fingerprint density at radius 1 is 0.512 bits per heavy atom. The van der Waals surface area contributed by atoms with Crippen LogP contribution < -0.4 is 4.74 Å². The minimum Gasteiger partial charge on any atom is -0.491 e. The summed E-state index contributed by atoms with van der Waals surface area (Å²) in [6.07, 6.45) is 0.875. The molecule has 0 unspecified atom stereocenters. The zero-order valence-corrected chi connectivity index (χ0v) is 23.8. The maximum absolute atomic E-state index is 9.22. The van der Waals surface area contributed by atoms with Crippen LogP contribution in [0, 0.1) is 0 Å². The molecule has 2 heteroatoms. The number of hydrogen-bond donors (Lipinski definition) is 1. The summed E-state index contributed by atoms with van der Waals surface area (Å²) < 4.78 is 5.70. The van der Waals surface area contributed by atoms with Gasteiger partial charge in [0, 0.05) is 0 Å². The van der Waals surface area contributed by atoms with Gasteiger partial charge in [0.05, 0.1) is 6.61 Å². The molecule has 0 atom stereocenters. The fourth-order valence-electron chi connectivity index (χ4n) is 6.82. The number of ether oxygens (including phenoxy) is 1. The first-order chi connectivity index (χ1) is 21.3. The quantitative estimate of drug-likeness (QED) is 0.222. The second-order valence-corrected chi connectivity index (χ2v) is 11.2. The highest BCUT2D eigenvalue weighted by atomic mass is 16.5. The molecule has 8 rings (SSSR count). The second kappa shape index (κ2) is 10.6. The van der Waals surface area contributed by atoms with Crippen molar-refractivity contribution in [3.8, 4) is 50.3 Å². The lowest BCUT2D eigenvalue weighted by atomic mass is 9.86. The standard InChI is InChI=1S/C41H30O2/c42-23-24-43-32-18-15-29(16-19-32)41-39(37-14-6-10-28-8-2-4-12-34(28)37)22-21-38-36-20-17-30(25-31(36)26-40(38)41)35-13-5-9-27-7-1-3-11-33(27)35/h1-22,25,42H,23-24,26H2. The number of rotatable bonds is 6. The zero-order chi connectivity index (χ0) is 28.8. The first-order valence-electron chi connectivity index (χ1n) is 14.9. The average molecular weight is 555 g/mol. The Balaban J connectivity index is 1.30. The molecule has 0 spiro atoms. The molecular weight excluding hydrogens is 524 g/mol. The van der Waals surface area contributed by atoms with E-state index in [4.69, 9.17) is 4.74 Å². The van der Waals surface area contributed by atoms with Gasteiger partial charge in [0.2, 0.25) is 0 Å². The molecule has 0 saturated carbocycles. The summed E-state index contributed by atoms with van der Waals surface area (Å²) in [5.74, 6) is 0.764. The maximum Gasteiger partial charge on any atom is 0.119 e. The van der Waals surface area contributed by atoms with Crippen molar-refractivity contribution < 1.29 is 9.84 Å². The molecule has 7 aromatic rings. The van der Waals surface area contributed by atoms with Crippen molar-refractivity contribution in [2.75, 3.05) is 13.2 Å². The van der Waals surface area contributed by atoms with E-state index in [9.17, 15) is 5.11 Å². The van der Waals surface area contributed by atoms with Gasteiger partial charge in [0.1, 0.15) is 12.4 Å². The molecule has 0 saturated heterocycles. The molecule has 7 aromatic carbocycles. The summed E-state index contributed by atoms with van der Waals surface area (Å²) in [5, 5.41) is 14.3. The van der Waals surface area contributed by atoms with Crippen molar-refractivity contribution in [2.45, 2.75) is 6.42 Å². The van der Waals surface area contributed by atoms with Crippen LogP contribution in [0.1, 0.15) is 11.1 Å². The summed E-state index contributed by atoms with van der Waals surface area (Å²) in [5.41, 5.74) is 12.8. The van der Waals surface area contributed by atoms with E-state index >= 15 is 0 Å². The molecule has 1 aliphatic rings. The lowest BCUT2D eigenvalue weighted by Gasteiger charge is -2.18. The lowest BCUT2D eigenvalue weighted by molar-refractivity contribution is 0.201. The van der Waals surface area contributed by atoms with Gasteiger partial charge >= 0.3 is 0 Å². The van der Waals surface area contributed by atoms with Gasteiger partial charge in [-0.05, 0) is 95.7 Å². The van der Waals surface area contributed by atoms with Gasteiger partial charge in [-0.1, -0.05) is 127 Å². The number of benzene rings is 7. The predicted molar refractivity (Wildman–Crippen MR) is 179 cm³/mol. The maximum atomic E-state index is 9.22. The normalized spacial score (nSPS) is 11.9. The van der Waals surface area contributed by atoms with E-state index in [0.29, 0.717) is 0 Å². The van der Waals surface area contributed by atoms with Crippen LogP contribution in [0.3, 0.4) is 0 Å². The van der Waals surface area contributed by atoms with Crippen LogP contribution in [0.25, 0.3) is 66.1 Å². The van der Waals surface area contributed by atoms with Gasteiger partial charge in [-0.25, -0.2) is 0 Å². The molecule has 0 bridgehead atoms. The lowest BCUT2D eigenvalue weighted by Crippen LogP contribution is -2.01. The third-order valence-electron chi connectivity index (χ3n) is 8.76. The molecule has 0 radical (unpaired) electrons. The summed E-state index contributed by atoms with van der Waals surface area (Å²) in [4.78, 5) is 0. The van der Waals surface area contributed by atoms with E-state index in [-0.39, 0.29) is 13.2 Å². The minimum atomic E-state index is -0.00179. The van der Waals surface area contributed by atoms with Crippen molar-refractivity contribution in [2.24, 2.45) is 0 Å². The molecule has 1 N–H and O–H groups in total. The van der Waals surface area contributed by atoms with Crippen LogP contribution in [0.4, 0.5) is 0 Å². The molecule has 2 nitrogen and oxygen atoms in total. The van der Waals surface area contributed by atoms with Gasteiger partial charge in [-0.3, -0.25) is 0 Å². The topological polar surface area (TPSA) is 29.5 Å². The van der Waals surface area contributed by atoms with Crippen LogP contribution >= 0.6 is 0 Å². The van der Waals surface area contributed by atoms with Crippen LogP contribution in [0.5, 0.6) is 5.75 Å². The number of fused-ring (bicyclic) bond motifs is 5. The van der Waals surface area contributed by atoms with Crippen molar-refractivity contribution in [1.82, 2.24) is 0 Å². The first kappa shape index (κ1) is 25.5. The number of aliphatic hydroxyl groups excluding tert-OH is 1. The highest BCUT2D eigenvalue weighted by Crippen LogP contribution is 2.48. The third kappa shape index (κ3) is 4.39. The van der Waals surface area contributed by atoms with Crippen LogP contribution in [-0.4, -0.2) is 18.3 Å². The van der Waals surface area contributed by atoms with Gasteiger partial charge in [-0.2, -0.15) is 0 Å². The van der Waals surface area contributed by atoms with E-state index in [1.54, 1.807) is 0 Å². The Hall–Kier alpha value is -5.18. The highest BCUT2D eigenvalue weighted by Gasteiger charge is 2.25. The van der Waals surface area contributed by atoms with E-state index in [2.05, 4.69) is 127 Å². The van der Waals surface area contributed by atoms with E-state index in [1.165, 1.54) is 77.2 Å². The third-order valence-corrected chi connectivity index (χ3v) is 8.76. The van der Waals surface area contributed by atoms with Crippen molar-refractivity contribution in [3.63, 3.8) is 0 Å². The Labute approximate surface area is 251 Å². The van der Waals surface area contributed by atoms with Crippen LogP contribution in [-0.2, 0) is 6.42 Å². The summed E-state index contributed by atoms with van der Waals surface area (Å²) in [6.45, 7) is 0.286. The Morgan fingerprint density at radius 3 is 1.86 bits per heavy atom. The monoisotopic (exact) mass is 554 g/mol. The second-order valence-electron chi connectivity index (χ2n) is 11.2. The fraction of sp³-hybridized carbons (Fsp3) is 0.0732. The number of aliphatic hydroxyl groups is 1.